The molecule has 0 radical (unpaired) electrons. The van der Waals surface area contributed by atoms with Crippen LogP contribution in [0.5, 0.6) is 0 Å². The molecule has 0 fully saturated rings. The standard InChI is InChI=1S/C14H21F2NO/c1-4-10(2)14(3,18)9-17-8-11-7-12(15)5-6-13(11)16/h5-7,10,17-18H,4,8-9H2,1-3H3. The average molecular weight is 257 g/mol. The minimum Gasteiger partial charge on any atom is -0.389 e. The molecule has 0 saturated carbocycles. The van der Waals surface area contributed by atoms with Crippen LogP contribution < -0.4 is 5.32 Å². The van der Waals surface area contributed by atoms with Gasteiger partial charge >= 0.3 is 0 Å². The molecule has 0 aromatic heterocycles. The lowest BCUT2D eigenvalue weighted by molar-refractivity contribution is 0.00529. The molecule has 18 heavy (non-hydrogen) atoms. The van der Waals surface area contributed by atoms with Crippen molar-refractivity contribution in [3.05, 3.63) is 35.4 Å². The molecule has 0 saturated heterocycles. The van der Waals surface area contributed by atoms with Gasteiger partial charge in [-0.25, -0.2) is 8.78 Å². The van der Waals surface area contributed by atoms with E-state index >= 15 is 0 Å². The molecule has 2 N–H and O–H groups in total. The maximum absolute atomic E-state index is 13.3. The normalized spacial score (nSPS) is 16.3. The zero-order chi connectivity index (χ0) is 13.8. The molecule has 2 unspecified atom stereocenters. The lowest BCUT2D eigenvalue weighted by atomic mass is 9.88. The van der Waals surface area contributed by atoms with Gasteiger partial charge in [0.05, 0.1) is 5.60 Å². The smallest absolute Gasteiger partial charge is 0.127 e. The van der Waals surface area contributed by atoms with Gasteiger partial charge in [-0.15, -0.1) is 0 Å². The Balaban J connectivity index is 2.53. The summed E-state index contributed by atoms with van der Waals surface area (Å²) in [5.41, 5.74) is -0.576. The van der Waals surface area contributed by atoms with Crippen molar-refractivity contribution >= 4 is 0 Å². The summed E-state index contributed by atoms with van der Waals surface area (Å²) in [6, 6.07) is 3.37. The van der Waals surface area contributed by atoms with Gasteiger partial charge in [-0.05, 0) is 31.0 Å². The highest BCUT2D eigenvalue weighted by atomic mass is 19.1. The number of aliphatic hydroxyl groups is 1. The van der Waals surface area contributed by atoms with Crippen molar-refractivity contribution in [1.82, 2.24) is 5.32 Å². The highest BCUT2D eigenvalue weighted by Gasteiger charge is 2.26. The fourth-order valence-corrected chi connectivity index (χ4v) is 1.74. The van der Waals surface area contributed by atoms with Gasteiger partial charge in [0, 0.05) is 18.7 Å². The van der Waals surface area contributed by atoms with Crippen LogP contribution in [0.15, 0.2) is 18.2 Å². The minimum absolute atomic E-state index is 0.141. The lowest BCUT2D eigenvalue weighted by Gasteiger charge is -2.30. The van der Waals surface area contributed by atoms with Crippen LogP contribution in [-0.4, -0.2) is 17.3 Å². The second-order valence-electron chi connectivity index (χ2n) is 5.01. The zero-order valence-corrected chi connectivity index (χ0v) is 11.1. The van der Waals surface area contributed by atoms with Gasteiger partial charge in [-0.2, -0.15) is 0 Å². The van der Waals surface area contributed by atoms with Crippen LogP contribution in [0.25, 0.3) is 0 Å². The van der Waals surface area contributed by atoms with E-state index in [-0.39, 0.29) is 18.0 Å². The molecule has 0 amide bonds. The van der Waals surface area contributed by atoms with Crippen molar-refractivity contribution in [1.29, 1.82) is 0 Å². The Kier molecular flexibility index (Phi) is 5.23. The maximum Gasteiger partial charge on any atom is 0.127 e. The topological polar surface area (TPSA) is 32.3 Å². The van der Waals surface area contributed by atoms with E-state index in [1.807, 2.05) is 13.8 Å². The van der Waals surface area contributed by atoms with Gasteiger partial charge in [0.25, 0.3) is 0 Å². The Hall–Kier alpha value is -1.00. The summed E-state index contributed by atoms with van der Waals surface area (Å²) in [6.07, 6.45) is 0.864. The minimum atomic E-state index is -0.849. The van der Waals surface area contributed by atoms with Crippen molar-refractivity contribution in [3.63, 3.8) is 0 Å². The molecule has 4 heteroatoms. The summed E-state index contributed by atoms with van der Waals surface area (Å²) in [4.78, 5) is 0. The molecule has 102 valence electrons. The Labute approximate surface area is 107 Å². The predicted molar refractivity (Wildman–Crippen MR) is 68.1 cm³/mol. The first-order chi connectivity index (χ1) is 8.36. The van der Waals surface area contributed by atoms with Crippen LogP contribution in [0.2, 0.25) is 0 Å². The van der Waals surface area contributed by atoms with E-state index in [1.54, 1.807) is 6.92 Å². The number of rotatable bonds is 6. The van der Waals surface area contributed by atoms with E-state index in [1.165, 1.54) is 6.07 Å². The first kappa shape index (κ1) is 15.1. The van der Waals surface area contributed by atoms with Gasteiger partial charge < -0.3 is 10.4 Å². The van der Waals surface area contributed by atoms with Crippen LogP contribution in [0.4, 0.5) is 8.78 Å². The zero-order valence-electron chi connectivity index (χ0n) is 11.1. The van der Waals surface area contributed by atoms with Crippen LogP contribution in [0, 0.1) is 17.6 Å². The molecule has 0 spiro atoms. The van der Waals surface area contributed by atoms with E-state index in [9.17, 15) is 13.9 Å². The summed E-state index contributed by atoms with van der Waals surface area (Å²) in [6.45, 7) is 6.26. The number of halogens is 2. The van der Waals surface area contributed by atoms with Gasteiger partial charge in [0.15, 0.2) is 0 Å². The Morgan fingerprint density at radius 1 is 1.39 bits per heavy atom. The van der Waals surface area contributed by atoms with E-state index in [4.69, 9.17) is 0 Å². The molecule has 1 aromatic rings. The van der Waals surface area contributed by atoms with Crippen LogP contribution in [0.3, 0.4) is 0 Å². The second-order valence-corrected chi connectivity index (χ2v) is 5.01. The van der Waals surface area contributed by atoms with Gasteiger partial charge in [0.2, 0.25) is 0 Å². The Bertz CT molecular complexity index is 393. The fourth-order valence-electron chi connectivity index (χ4n) is 1.74. The first-order valence-electron chi connectivity index (χ1n) is 6.24. The van der Waals surface area contributed by atoms with E-state index in [0.717, 1.165) is 18.6 Å². The molecule has 1 rings (SSSR count). The van der Waals surface area contributed by atoms with E-state index < -0.39 is 17.2 Å². The van der Waals surface area contributed by atoms with Gasteiger partial charge in [-0.3, -0.25) is 0 Å². The third-order valence-electron chi connectivity index (χ3n) is 3.48. The lowest BCUT2D eigenvalue weighted by Crippen LogP contribution is -2.42. The molecule has 1 aromatic carbocycles. The van der Waals surface area contributed by atoms with E-state index in [0.29, 0.717) is 6.54 Å². The van der Waals surface area contributed by atoms with Crippen molar-refractivity contribution < 1.29 is 13.9 Å². The SMILES string of the molecule is CCC(C)C(C)(O)CNCc1cc(F)ccc1F. The molecular weight excluding hydrogens is 236 g/mol. The summed E-state index contributed by atoms with van der Waals surface area (Å²) in [5.74, 6) is -0.753. The maximum atomic E-state index is 13.3. The number of hydrogen-bond donors (Lipinski definition) is 2. The van der Waals surface area contributed by atoms with Crippen molar-refractivity contribution in [3.8, 4) is 0 Å². The largest absolute Gasteiger partial charge is 0.389 e. The molecule has 0 aliphatic heterocycles. The van der Waals surface area contributed by atoms with Gasteiger partial charge in [0.1, 0.15) is 11.6 Å². The predicted octanol–water partition coefficient (Wildman–Crippen LogP) is 2.85. The highest BCUT2D eigenvalue weighted by Crippen LogP contribution is 2.19. The van der Waals surface area contributed by atoms with Crippen LogP contribution in [0.1, 0.15) is 32.8 Å². The summed E-state index contributed by atoms with van der Waals surface area (Å²) in [5, 5.41) is 13.1. The van der Waals surface area contributed by atoms with Crippen LogP contribution >= 0.6 is 0 Å². The Morgan fingerprint density at radius 2 is 2.06 bits per heavy atom. The molecule has 2 nitrogen and oxygen atoms in total. The molecule has 2 atom stereocenters. The summed E-state index contributed by atoms with van der Waals surface area (Å²) < 4.78 is 26.3. The molecule has 0 heterocycles. The first-order valence-corrected chi connectivity index (χ1v) is 6.24. The summed E-state index contributed by atoms with van der Waals surface area (Å²) >= 11 is 0. The quantitative estimate of drug-likeness (QED) is 0.821. The van der Waals surface area contributed by atoms with Crippen molar-refractivity contribution in [2.45, 2.75) is 39.3 Å². The highest BCUT2D eigenvalue weighted by molar-refractivity contribution is 5.18. The molecular formula is C14H21F2NO. The second kappa shape index (κ2) is 6.25. The number of nitrogens with one attached hydrogen (secondary N) is 1. The van der Waals surface area contributed by atoms with E-state index in [2.05, 4.69) is 5.32 Å². The van der Waals surface area contributed by atoms with Crippen LogP contribution in [-0.2, 0) is 6.54 Å². The Morgan fingerprint density at radius 3 is 2.67 bits per heavy atom. The molecule has 0 aliphatic carbocycles. The van der Waals surface area contributed by atoms with Crippen molar-refractivity contribution in [2.75, 3.05) is 6.54 Å². The van der Waals surface area contributed by atoms with Crippen molar-refractivity contribution in [2.24, 2.45) is 5.92 Å². The van der Waals surface area contributed by atoms with Gasteiger partial charge in [-0.1, -0.05) is 20.3 Å². The molecule has 0 aliphatic rings. The molecule has 0 bridgehead atoms. The third kappa shape index (κ3) is 4.03. The monoisotopic (exact) mass is 257 g/mol. The fraction of sp³-hybridized carbons (Fsp3) is 0.571. The number of benzene rings is 1. The number of hydrogen-bond acceptors (Lipinski definition) is 2. The summed E-state index contributed by atoms with van der Waals surface area (Å²) in [7, 11) is 0. The third-order valence-corrected chi connectivity index (χ3v) is 3.48. The average Bonchev–Trinajstić information content (AvgIpc) is 2.32.